The van der Waals surface area contributed by atoms with Crippen LogP contribution in [0, 0.1) is 5.92 Å². The Labute approximate surface area is 110 Å². The van der Waals surface area contributed by atoms with Crippen LogP contribution < -0.4 is 0 Å². The molecule has 1 unspecified atom stereocenters. The minimum atomic E-state index is -4.60. The lowest BCUT2D eigenvalue weighted by atomic mass is 10.1. The number of aliphatic hydroxyl groups is 1. The predicted molar refractivity (Wildman–Crippen MR) is 64.3 cm³/mol. The van der Waals surface area contributed by atoms with Crippen LogP contribution in [0.5, 0.6) is 0 Å². The Balaban J connectivity index is 3.09. The zero-order chi connectivity index (χ0) is 14.8. The second kappa shape index (κ2) is 5.50. The largest absolute Gasteiger partial charge is 0.416 e. The minimum Gasteiger partial charge on any atom is -0.392 e. The van der Waals surface area contributed by atoms with Crippen molar-refractivity contribution in [3.8, 4) is 0 Å². The fourth-order valence-corrected chi connectivity index (χ4v) is 3.00. The van der Waals surface area contributed by atoms with Crippen LogP contribution in [-0.4, -0.2) is 25.4 Å². The quantitative estimate of drug-likeness (QED) is 0.928. The molecule has 0 bridgehead atoms. The van der Waals surface area contributed by atoms with E-state index in [4.69, 9.17) is 0 Å². The molecule has 0 spiro atoms. The summed E-state index contributed by atoms with van der Waals surface area (Å²) in [7, 11) is -3.94. The van der Waals surface area contributed by atoms with Gasteiger partial charge in [0.25, 0.3) is 0 Å². The Hall–Kier alpha value is -1.08. The molecule has 1 atom stereocenters. The highest BCUT2D eigenvalue weighted by Crippen LogP contribution is 2.30. The van der Waals surface area contributed by atoms with Crippen molar-refractivity contribution in [1.29, 1.82) is 0 Å². The topological polar surface area (TPSA) is 54.4 Å². The third-order valence-electron chi connectivity index (χ3n) is 2.68. The average Bonchev–Trinajstić information content (AvgIpc) is 2.27. The number of halogens is 3. The maximum atomic E-state index is 12.5. The van der Waals surface area contributed by atoms with E-state index in [2.05, 4.69) is 0 Å². The standard InChI is InChI=1S/C12H15F3O3S/c1-8(2)11(16)7-19(17,18)10-5-3-4-9(6-10)12(13,14)15/h3-6,8,11,16H,7H2,1-2H3. The number of hydrogen-bond donors (Lipinski definition) is 1. The fourth-order valence-electron chi connectivity index (χ4n) is 1.38. The van der Waals surface area contributed by atoms with E-state index >= 15 is 0 Å². The van der Waals surface area contributed by atoms with Gasteiger partial charge in [0.05, 0.1) is 22.3 Å². The van der Waals surface area contributed by atoms with E-state index in [9.17, 15) is 26.7 Å². The number of alkyl halides is 3. The third kappa shape index (κ3) is 4.21. The molecule has 0 saturated carbocycles. The molecule has 0 radical (unpaired) electrons. The highest BCUT2D eigenvalue weighted by molar-refractivity contribution is 7.91. The van der Waals surface area contributed by atoms with Crippen molar-refractivity contribution in [2.45, 2.75) is 31.0 Å². The molecule has 0 saturated heterocycles. The molecule has 0 fully saturated rings. The van der Waals surface area contributed by atoms with Gasteiger partial charge in [-0.05, 0) is 24.1 Å². The van der Waals surface area contributed by atoms with Crippen LogP contribution in [0.4, 0.5) is 13.2 Å². The molecule has 1 N–H and O–H groups in total. The third-order valence-corrected chi connectivity index (χ3v) is 4.43. The van der Waals surface area contributed by atoms with E-state index in [1.807, 2.05) is 0 Å². The summed E-state index contributed by atoms with van der Waals surface area (Å²) in [5, 5.41) is 9.55. The van der Waals surface area contributed by atoms with Crippen molar-refractivity contribution < 1.29 is 26.7 Å². The number of aliphatic hydroxyl groups excluding tert-OH is 1. The number of hydrogen-bond acceptors (Lipinski definition) is 3. The van der Waals surface area contributed by atoms with Crippen LogP contribution in [0.2, 0.25) is 0 Å². The Kier molecular flexibility index (Phi) is 4.63. The van der Waals surface area contributed by atoms with Crippen molar-refractivity contribution in [3.63, 3.8) is 0 Å². The number of sulfone groups is 1. The molecule has 1 aromatic carbocycles. The Bertz CT molecular complexity index is 535. The smallest absolute Gasteiger partial charge is 0.392 e. The zero-order valence-electron chi connectivity index (χ0n) is 10.5. The van der Waals surface area contributed by atoms with Gasteiger partial charge in [0.1, 0.15) is 0 Å². The fraction of sp³-hybridized carbons (Fsp3) is 0.500. The van der Waals surface area contributed by atoms with E-state index < -0.39 is 38.3 Å². The second-order valence-electron chi connectivity index (χ2n) is 4.62. The van der Waals surface area contributed by atoms with Gasteiger partial charge in [0.2, 0.25) is 0 Å². The SMILES string of the molecule is CC(C)C(O)CS(=O)(=O)c1cccc(C(F)(F)F)c1. The highest BCUT2D eigenvalue weighted by Gasteiger charge is 2.32. The van der Waals surface area contributed by atoms with Crippen LogP contribution in [0.1, 0.15) is 19.4 Å². The van der Waals surface area contributed by atoms with Gasteiger partial charge in [-0.1, -0.05) is 19.9 Å². The summed E-state index contributed by atoms with van der Waals surface area (Å²) in [5.41, 5.74) is -1.02. The maximum absolute atomic E-state index is 12.5. The average molecular weight is 296 g/mol. The van der Waals surface area contributed by atoms with Crippen molar-refractivity contribution in [2.24, 2.45) is 5.92 Å². The van der Waals surface area contributed by atoms with E-state index in [0.29, 0.717) is 6.07 Å². The molecule has 1 rings (SSSR count). The van der Waals surface area contributed by atoms with Crippen molar-refractivity contribution in [1.82, 2.24) is 0 Å². The maximum Gasteiger partial charge on any atom is 0.416 e. The molecule has 3 nitrogen and oxygen atoms in total. The van der Waals surface area contributed by atoms with E-state index in [0.717, 1.165) is 18.2 Å². The van der Waals surface area contributed by atoms with Crippen LogP contribution >= 0.6 is 0 Å². The van der Waals surface area contributed by atoms with Gasteiger partial charge < -0.3 is 5.11 Å². The summed E-state index contributed by atoms with van der Waals surface area (Å²) in [4.78, 5) is -0.429. The van der Waals surface area contributed by atoms with Gasteiger partial charge >= 0.3 is 6.18 Å². The first-order valence-electron chi connectivity index (χ1n) is 5.62. The Morgan fingerprint density at radius 2 is 1.84 bits per heavy atom. The Morgan fingerprint density at radius 3 is 2.32 bits per heavy atom. The minimum absolute atomic E-state index is 0.291. The number of benzene rings is 1. The van der Waals surface area contributed by atoms with E-state index in [1.165, 1.54) is 0 Å². The molecule has 7 heteroatoms. The van der Waals surface area contributed by atoms with Gasteiger partial charge in [-0.3, -0.25) is 0 Å². The van der Waals surface area contributed by atoms with Crippen LogP contribution in [0.15, 0.2) is 29.2 Å². The molecule has 0 aliphatic heterocycles. The molecule has 108 valence electrons. The summed E-state index contributed by atoms with van der Waals surface area (Å²) in [6, 6.07) is 3.52. The summed E-state index contributed by atoms with van der Waals surface area (Å²) in [6.07, 6.45) is -5.71. The summed E-state index contributed by atoms with van der Waals surface area (Å²) in [5.74, 6) is -0.882. The Morgan fingerprint density at radius 1 is 1.26 bits per heavy atom. The molecule has 1 aromatic rings. The van der Waals surface area contributed by atoms with Gasteiger partial charge in [-0.15, -0.1) is 0 Å². The van der Waals surface area contributed by atoms with E-state index in [1.54, 1.807) is 13.8 Å². The lowest BCUT2D eigenvalue weighted by molar-refractivity contribution is -0.137. The number of rotatable bonds is 4. The van der Waals surface area contributed by atoms with Crippen LogP contribution in [0.25, 0.3) is 0 Å². The monoisotopic (exact) mass is 296 g/mol. The molecule has 0 aromatic heterocycles. The van der Waals surface area contributed by atoms with E-state index in [-0.39, 0.29) is 5.92 Å². The van der Waals surface area contributed by atoms with Crippen molar-refractivity contribution in [3.05, 3.63) is 29.8 Å². The summed E-state index contributed by atoms with van der Waals surface area (Å²) < 4.78 is 61.3. The molecule has 0 aliphatic carbocycles. The zero-order valence-corrected chi connectivity index (χ0v) is 11.3. The molecule has 0 aliphatic rings. The lowest BCUT2D eigenvalue weighted by Crippen LogP contribution is -2.26. The molecular formula is C12H15F3O3S. The lowest BCUT2D eigenvalue weighted by Gasteiger charge is -2.15. The van der Waals surface area contributed by atoms with Crippen molar-refractivity contribution in [2.75, 3.05) is 5.75 Å². The second-order valence-corrected chi connectivity index (χ2v) is 6.65. The first-order valence-corrected chi connectivity index (χ1v) is 7.27. The van der Waals surface area contributed by atoms with Gasteiger partial charge in [-0.2, -0.15) is 13.2 Å². The van der Waals surface area contributed by atoms with Gasteiger partial charge in [0, 0.05) is 0 Å². The molecule has 19 heavy (non-hydrogen) atoms. The normalized spacial score (nSPS) is 14.7. The summed E-state index contributed by atoms with van der Waals surface area (Å²) in [6.45, 7) is 3.26. The first-order chi connectivity index (χ1) is 8.54. The van der Waals surface area contributed by atoms with Gasteiger partial charge in [-0.25, -0.2) is 8.42 Å². The molecule has 0 amide bonds. The van der Waals surface area contributed by atoms with Gasteiger partial charge in [0.15, 0.2) is 9.84 Å². The summed E-state index contributed by atoms with van der Waals surface area (Å²) >= 11 is 0. The highest BCUT2D eigenvalue weighted by atomic mass is 32.2. The van der Waals surface area contributed by atoms with Crippen molar-refractivity contribution >= 4 is 9.84 Å². The molecule has 0 heterocycles. The molecular weight excluding hydrogens is 281 g/mol. The van der Waals surface area contributed by atoms with Crippen LogP contribution in [0.3, 0.4) is 0 Å². The predicted octanol–water partition coefficient (Wildman–Crippen LogP) is 2.50. The van der Waals surface area contributed by atoms with Crippen LogP contribution in [-0.2, 0) is 16.0 Å². The first kappa shape index (κ1) is 16.0.